The number of aryl methyl sites for hydroxylation is 1. The predicted octanol–water partition coefficient (Wildman–Crippen LogP) is 4.74. The zero-order chi connectivity index (χ0) is 15.0. The molecule has 2 N–H and O–H groups in total. The van der Waals surface area contributed by atoms with Gasteiger partial charge in [-0.1, -0.05) is 23.2 Å². The number of nitrogens with two attached hydrogens (primary N) is 1. The fourth-order valence-electron chi connectivity index (χ4n) is 2.20. The molecule has 0 atom stereocenters. The van der Waals surface area contributed by atoms with E-state index in [-0.39, 0.29) is 0 Å². The molecule has 0 saturated heterocycles. The normalized spacial score (nSPS) is 10.8. The van der Waals surface area contributed by atoms with Gasteiger partial charge in [0.25, 0.3) is 0 Å². The van der Waals surface area contributed by atoms with Gasteiger partial charge in [0.2, 0.25) is 0 Å². The van der Waals surface area contributed by atoms with E-state index in [1.54, 1.807) is 6.07 Å². The van der Waals surface area contributed by atoms with Crippen LogP contribution in [0.5, 0.6) is 0 Å². The van der Waals surface area contributed by atoms with Gasteiger partial charge in [0.05, 0.1) is 22.1 Å². The number of benzene rings is 2. The van der Waals surface area contributed by atoms with Crippen molar-refractivity contribution in [1.82, 2.24) is 9.78 Å². The lowest BCUT2D eigenvalue weighted by Crippen LogP contribution is -2.00. The van der Waals surface area contributed by atoms with Crippen LogP contribution in [0.25, 0.3) is 16.9 Å². The van der Waals surface area contributed by atoms with E-state index in [1.807, 2.05) is 54.1 Å². The highest BCUT2D eigenvalue weighted by Crippen LogP contribution is 2.32. The van der Waals surface area contributed by atoms with Gasteiger partial charge < -0.3 is 5.73 Å². The number of halogens is 2. The van der Waals surface area contributed by atoms with Crippen molar-refractivity contribution in [3.05, 3.63) is 64.3 Å². The molecule has 3 rings (SSSR count). The Morgan fingerprint density at radius 3 is 2.38 bits per heavy atom. The first kappa shape index (κ1) is 14.0. The number of anilines is 1. The van der Waals surface area contributed by atoms with Gasteiger partial charge >= 0.3 is 0 Å². The highest BCUT2D eigenvalue weighted by Gasteiger charge is 2.13. The molecule has 0 amide bonds. The molecule has 0 bridgehead atoms. The Balaban J connectivity index is 2.17. The van der Waals surface area contributed by atoms with Crippen molar-refractivity contribution in [3.8, 4) is 16.9 Å². The third-order valence-electron chi connectivity index (χ3n) is 3.18. The van der Waals surface area contributed by atoms with Crippen LogP contribution in [0.15, 0.2) is 48.5 Å². The van der Waals surface area contributed by atoms with Crippen LogP contribution in [0.3, 0.4) is 0 Å². The molecule has 21 heavy (non-hydrogen) atoms. The second-order valence-corrected chi connectivity index (χ2v) is 5.64. The third-order valence-corrected chi connectivity index (χ3v) is 3.72. The molecule has 1 heterocycles. The van der Waals surface area contributed by atoms with E-state index in [1.165, 1.54) is 0 Å². The van der Waals surface area contributed by atoms with Crippen molar-refractivity contribution in [2.75, 3.05) is 5.73 Å². The van der Waals surface area contributed by atoms with Gasteiger partial charge in [0, 0.05) is 16.3 Å². The second kappa shape index (κ2) is 5.43. The topological polar surface area (TPSA) is 43.8 Å². The molecule has 106 valence electrons. The van der Waals surface area contributed by atoms with Gasteiger partial charge in [-0.25, -0.2) is 4.68 Å². The minimum absolute atomic E-state index is 0.596. The molecule has 5 heteroatoms. The first-order chi connectivity index (χ1) is 10.0. The summed E-state index contributed by atoms with van der Waals surface area (Å²) < 4.78 is 1.85. The molecule has 2 aromatic carbocycles. The van der Waals surface area contributed by atoms with Crippen molar-refractivity contribution in [2.45, 2.75) is 6.92 Å². The SMILES string of the molecule is Cc1cc(-c2ccc(Cl)cc2Cl)n(-c2ccc(N)cc2)n1. The molecule has 0 aliphatic rings. The van der Waals surface area contributed by atoms with E-state index in [4.69, 9.17) is 28.9 Å². The molecule has 0 fully saturated rings. The summed E-state index contributed by atoms with van der Waals surface area (Å²) in [5.74, 6) is 0. The van der Waals surface area contributed by atoms with Crippen molar-refractivity contribution in [1.29, 1.82) is 0 Å². The second-order valence-electron chi connectivity index (χ2n) is 4.80. The Kier molecular flexibility index (Phi) is 3.62. The average Bonchev–Trinajstić information content (AvgIpc) is 2.81. The van der Waals surface area contributed by atoms with E-state index in [2.05, 4.69) is 5.10 Å². The van der Waals surface area contributed by atoms with Crippen LogP contribution in [-0.4, -0.2) is 9.78 Å². The van der Waals surface area contributed by atoms with Gasteiger partial charge in [-0.05, 0) is 55.5 Å². The molecule has 0 aliphatic heterocycles. The minimum atomic E-state index is 0.596. The maximum Gasteiger partial charge on any atom is 0.0758 e. The summed E-state index contributed by atoms with van der Waals surface area (Å²) in [5, 5.41) is 5.74. The summed E-state index contributed by atoms with van der Waals surface area (Å²) in [6.07, 6.45) is 0. The van der Waals surface area contributed by atoms with E-state index < -0.39 is 0 Å². The lowest BCUT2D eigenvalue weighted by Gasteiger charge is -2.09. The fraction of sp³-hybridized carbons (Fsp3) is 0.0625. The first-order valence-electron chi connectivity index (χ1n) is 6.42. The Morgan fingerprint density at radius 2 is 1.71 bits per heavy atom. The summed E-state index contributed by atoms with van der Waals surface area (Å²) in [6, 6.07) is 15.0. The zero-order valence-electron chi connectivity index (χ0n) is 11.3. The molecule has 3 nitrogen and oxygen atoms in total. The lowest BCUT2D eigenvalue weighted by atomic mass is 10.1. The molecular weight excluding hydrogens is 305 g/mol. The Labute approximate surface area is 132 Å². The van der Waals surface area contributed by atoms with Gasteiger partial charge in [-0.3, -0.25) is 0 Å². The van der Waals surface area contributed by atoms with E-state index in [9.17, 15) is 0 Å². The summed E-state index contributed by atoms with van der Waals surface area (Å²) >= 11 is 12.3. The fourth-order valence-corrected chi connectivity index (χ4v) is 2.71. The summed E-state index contributed by atoms with van der Waals surface area (Å²) in [7, 11) is 0. The Bertz CT molecular complexity index is 792. The Morgan fingerprint density at radius 1 is 1.00 bits per heavy atom. The van der Waals surface area contributed by atoms with E-state index in [0.717, 1.165) is 22.6 Å². The van der Waals surface area contributed by atoms with Crippen molar-refractivity contribution < 1.29 is 0 Å². The molecule has 3 aromatic rings. The zero-order valence-corrected chi connectivity index (χ0v) is 12.9. The highest BCUT2D eigenvalue weighted by molar-refractivity contribution is 6.36. The standard InChI is InChI=1S/C16H13Cl2N3/c1-10-8-16(14-7-2-11(17)9-15(14)18)21(20-10)13-5-3-12(19)4-6-13/h2-9H,19H2,1H3. The molecule has 0 spiro atoms. The highest BCUT2D eigenvalue weighted by atomic mass is 35.5. The molecular formula is C16H13Cl2N3. The van der Waals surface area contributed by atoms with Crippen LogP contribution in [0.1, 0.15) is 5.69 Å². The van der Waals surface area contributed by atoms with Crippen LogP contribution < -0.4 is 5.73 Å². The number of rotatable bonds is 2. The maximum atomic E-state index is 6.31. The van der Waals surface area contributed by atoms with Crippen LogP contribution in [0.2, 0.25) is 10.0 Å². The molecule has 0 radical (unpaired) electrons. The van der Waals surface area contributed by atoms with Crippen molar-refractivity contribution in [3.63, 3.8) is 0 Å². The van der Waals surface area contributed by atoms with Gasteiger partial charge in [0.15, 0.2) is 0 Å². The van der Waals surface area contributed by atoms with Crippen molar-refractivity contribution >= 4 is 28.9 Å². The summed E-state index contributed by atoms with van der Waals surface area (Å²) in [6.45, 7) is 1.95. The van der Waals surface area contributed by atoms with E-state index >= 15 is 0 Å². The van der Waals surface area contributed by atoms with Crippen LogP contribution >= 0.6 is 23.2 Å². The van der Waals surface area contributed by atoms with Crippen LogP contribution in [-0.2, 0) is 0 Å². The first-order valence-corrected chi connectivity index (χ1v) is 7.18. The van der Waals surface area contributed by atoms with Gasteiger partial charge in [0.1, 0.15) is 0 Å². The predicted molar refractivity (Wildman–Crippen MR) is 88.2 cm³/mol. The van der Waals surface area contributed by atoms with Crippen LogP contribution in [0.4, 0.5) is 5.69 Å². The number of aromatic nitrogens is 2. The quantitative estimate of drug-likeness (QED) is 0.694. The minimum Gasteiger partial charge on any atom is -0.399 e. The summed E-state index contributed by atoms with van der Waals surface area (Å²) in [4.78, 5) is 0. The average molecular weight is 318 g/mol. The molecule has 0 unspecified atom stereocenters. The molecule has 0 aliphatic carbocycles. The molecule has 0 saturated carbocycles. The maximum absolute atomic E-state index is 6.31. The lowest BCUT2D eigenvalue weighted by molar-refractivity contribution is 0.869. The third kappa shape index (κ3) is 2.75. The monoisotopic (exact) mass is 317 g/mol. The number of nitrogens with zero attached hydrogens (tertiary/aromatic N) is 2. The van der Waals surface area contributed by atoms with Crippen molar-refractivity contribution in [2.24, 2.45) is 0 Å². The number of hydrogen-bond acceptors (Lipinski definition) is 2. The Hall–Kier alpha value is -1.97. The largest absolute Gasteiger partial charge is 0.399 e. The van der Waals surface area contributed by atoms with Crippen LogP contribution in [0, 0.1) is 6.92 Å². The van der Waals surface area contributed by atoms with Gasteiger partial charge in [-0.15, -0.1) is 0 Å². The molecule has 1 aromatic heterocycles. The number of nitrogen functional groups attached to an aromatic ring is 1. The van der Waals surface area contributed by atoms with Gasteiger partial charge in [-0.2, -0.15) is 5.10 Å². The number of hydrogen-bond donors (Lipinski definition) is 1. The van der Waals surface area contributed by atoms with E-state index in [0.29, 0.717) is 15.7 Å². The smallest absolute Gasteiger partial charge is 0.0758 e. The summed E-state index contributed by atoms with van der Waals surface area (Å²) in [5.41, 5.74) is 10.1.